The standard InChI is InChI=1S/C10H8N4O2S/c1-6-4-7(9(15)16)14-10(13-6)17-8-5-11-2-3-12-8/h2-5H,1H3,(H,15,16). The summed E-state index contributed by atoms with van der Waals surface area (Å²) < 4.78 is 0. The lowest BCUT2D eigenvalue weighted by molar-refractivity contribution is 0.0689. The monoisotopic (exact) mass is 248 g/mol. The third kappa shape index (κ3) is 2.97. The van der Waals surface area contributed by atoms with Crippen LogP contribution in [-0.2, 0) is 0 Å². The molecule has 0 fully saturated rings. The number of carboxylic acids is 1. The zero-order chi connectivity index (χ0) is 12.3. The van der Waals surface area contributed by atoms with Crippen LogP contribution in [0.4, 0.5) is 0 Å². The fraction of sp³-hybridized carbons (Fsp3) is 0.100. The molecule has 2 aromatic heterocycles. The van der Waals surface area contributed by atoms with Gasteiger partial charge in [0.15, 0.2) is 10.9 Å². The van der Waals surface area contributed by atoms with Crippen molar-refractivity contribution in [2.24, 2.45) is 0 Å². The zero-order valence-corrected chi connectivity index (χ0v) is 9.68. The van der Waals surface area contributed by atoms with Crippen LogP contribution in [0.5, 0.6) is 0 Å². The molecule has 7 heteroatoms. The molecule has 0 aliphatic heterocycles. The Morgan fingerprint density at radius 1 is 1.35 bits per heavy atom. The van der Waals surface area contributed by atoms with Crippen molar-refractivity contribution < 1.29 is 9.90 Å². The van der Waals surface area contributed by atoms with Crippen molar-refractivity contribution in [2.45, 2.75) is 17.1 Å². The first-order valence-corrected chi connectivity index (χ1v) is 5.49. The molecule has 0 unspecified atom stereocenters. The van der Waals surface area contributed by atoms with E-state index in [9.17, 15) is 4.79 Å². The molecule has 0 saturated heterocycles. The van der Waals surface area contributed by atoms with E-state index in [0.29, 0.717) is 15.9 Å². The van der Waals surface area contributed by atoms with Gasteiger partial charge in [0, 0.05) is 18.1 Å². The second-order valence-corrected chi connectivity index (χ2v) is 4.12. The highest BCUT2D eigenvalue weighted by Gasteiger charge is 2.10. The summed E-state index contributed by atoms with van der Waals surface area (Å²) in [5, 5.41) is 9.84. The van der Waals surface area contributed by atoms with Crippen LogP contribution in [0.2, 0.25) is 0 Å². The Kier molecular flexibility index (Phi) is 3.29. The van der Waals surface area contributed by atoms with Gasteiger partial charge in [-0.15, -0.1) is 0 Å². The SMILES string of the molecule is Cc1cc(C(=O)O)nc(Sc2cnccn2)n1. The number of aromatic carboxylic acids is 1. The highest BCUT2D eigenvalue weighted by molar-refractivity contribution is 7.99. The number of rotatable bonds is 3. The number of aryl methyl sites for hydroxylation is 1. The smallest absolute Gasteiger partial charge is 0.354 e. The molecule has 0 aromatic carbocycles. The summed E-state index contributed by atoms with van der Waals surface area (Å²) in [5.74, 6) is -1.07. The first-order valence-electron chi connectivity index (χ1n) is 4.68. The fourth-order valence-corrected chi connectivity index (χ4v) is 1.88. The van der Waals surface area contributed by atoms with Crippen LogP contribution in [0.3, 0.4) is 0 Å². The van der Waals surface area contributed by atoms with Gasteiger partial charge in [-0.25, -0.2) is 19.7 Å². The average Bonchev–Trinajstić information content (AvgIpc) is 2.29. The van der Waals surface area contributed by atoms with E-state index in [1.807, 2.05) is 0 Å². The number of aromatic nitrogens is 4. The Labute approximate surface area is 101 Å². The number of nitrogens with zero attached hydrogens (tertiary/aromatic N) is 4. The Morgan fingerprint density at radius 3 is 2.82 bits per heavy atom. The molecule has 17 heavy (non-hydrogen) atoms. The van der Waals surface area contributed by atoms with Crippen molar-refractivity contribution in [3.63, 3.8) is 0 Å². The molecule has 0 saturated carbocycles. The van der Waals surface area contributed by atoms with Gasteiger partial charge in [0.05, 0.1) is 6.20 Å². The molecule has 0 aliphatic carbocycles. The molecule has 2 aromatic rings. The molecule has 0 bridgehead atoms. The van der Waals surface area contributed by atoms with Crippen LogP contribution in [0, 0.1) is 6.92 Å². The Bertz CT molecular complexity index is 547. The maximum atomic E-state index is 10.8. The van der Waals surface area contributed by atoms with Crippen LogP contribution in [0.1, 0.15) is 16.2 Å². The summed E-state index contributed by atoms with van der Waals surface area (Å²) in [6.45, 7) is 1.72. The molecule has 2 rings (SSSR count). The lowest BCUT2D eigenvalue weighted by Gasteiger charge is -2.01. The van der Waals surface area contributed by atoms with Gasteiger partial charge >= 0.3 is 5.97 Å². The van der Waals surface area contributed by atoms with E-state index >= 15 is 0 Å². The van der Waals surface area contributed by atoms with Crippen molar-refractivity contribution in [2.75, 3.05) is 0 Å². The van der Waals surface area contributed by atoms with Crippen LogP contribution in [-0.4, -0.2) is 31.0 Å². The molecule has 6 nitrogen and oxygen atoms in total. The molecule has 86 valence electrons. The number of carboxylic acid groups (broad SMARTS) is 1. The quantitative estimate of drug-likeness (QED) is 0.821. The van der Waals surface area contributed by atoms with Crippen molar-refractivity contribution in [3.05, 3.63) is 36.0 Å². The third-order valence-corrected chi connectivity index (χ3v) is 2.57. The molecule has 0 spiro atoms. The lowest BCUT2D eigenvalue weighted by Crippen LogP contribution is -2.03. The molecule has 0 atom stereocenters. The predicted octanol–water partition coefficient (Wildman–Crippen LogP) is 1.42. The van der Waals surface area contributed by atoms with Gasteiger partial charge in [-0.3, -0.25) is 4.98 Å². The summed E-state index contributed by atoms with van der Waals surface area (Å²) in [7, 11) is 0. The number of hydrogen-bond donors (Lipinski definition) is 1. The van der Waals surface area contributed by atoms with E-state index in [1.54, 1.807) is 25.5 Å². The molecular weight excluding hydrogens is 240 g/mol. The van der Waals surface area contributed by atoms with Gasteiger partial charge in [0.2, 0.25) is 0 Å². The average molecular weight is 248 g/mol. The zero-order valence-electron chi connectivity index (χ0n) is 8.86. The molecule has 1 N–H and O–H groups in total. The van der Waals surface area contributed by atoms with E-state index in [-0.39, 0.29) is 5.69 Å². The van der Waals surface area contributed by atoms with Gasteiger partial charge in [0.25, 0.3) is 0 Å². The van der Waals surface area contributed by atoms with Crippen LogP contribution < -0.4 is 0 Å². The van der Waals surface area contributed by atoms with Gasteiger partial charge in [-0.05, 0) is 24.8 Å². The molecule has 0 amide bonds. The maximum absolute atomic E-state index is 10.8. The van der Waals surface area contributed by atoms with Crippen molar-refractivity contribution in [1.82, 2.24) is 19.9 Å². The lowest BCUT2D eigenvalue weighted by atomic mass is 10.3. The molecule has 0 aliphatic rings. The van der Waals surface area contributed by atoms with E-state index in [2.05, 4.69) is 19.9 Å². The molecule has 0 radical (unpaired) electrons. The topological polar surface area (TPSA) is 88.9 Å². The summed E-state index contributed by atoms with van der Waals surface area (Å²) in [6, 6.07) is 1.42. The third-order valence-electron chi connectivity index (χ3n) is 1.79. The van der Waals surface area contributed by atoms with Crippen molar-refractivity contribution in [3.8, 4) is 0 Å². The first-order chi connectivity index (χ1) is 8.15. The van der Waals surface area contributed by atoms with Crippen LogP contribution >= 0.6 is 11.8 Å². The van der Waals surface area contributed by atoms with Gasteiger partial charge in [0.1, 0.15) is 5.03 Å². The predicted molar refractivity (Wildman–Crippen MR) is 59.9 cm³/mol. The normalized spacial score (nSPS) is 10.2. The van der Waals surface area contributed by atoms with E-state index < -0.39 is 5.97 Å². The maximum Gasteiger partial charge on any atom is 0.354 e. The van der Waals surface area contributed by atoms with Crippen LogP contribution in [0.25, 0.3) is 0 Å². The van der Waals surface area contributed by atoms with Gasteiger partial charge in [-0.2, -0.15) is 0 Å². The Hall–Kier alpha value is -2.02. The number of hydrogen-bond acceptors (Lipinski definition) is 6. The Balaban J connectivity index is 2.30. The number of carbonyl (C=O) groups is 1. The fourth-order valence-electron chi connectivity index (χ4n) is 1.13. The van der Waals surface area contributed by atoms with E-state index in [1.165, 1.54) is 17.8 Å². The summed E-state index contributed by atoms with van der Waals surface area (Å²) in [5.41, 5.74) is 0.577. The van der Waals surface area contributed by atoms with Gasteiger partial charge < -0.3 is 5.11 Å². The minimum atomic E-state index is -1.07. The highest BCUT2D eigenvalue weighted by Crippen LogP contribution is 2.21. The Morgan fingerprint density at radius 2 is 2.18 bits per heavy atom. The summed E-state index contributed by atoms with van der Waals surface area (Å²) in [6.07, 6.45) is 4.68. The first kappa shape index (κ1) is 11.5. The second-order valence-electron chi connectivity index (χ2n) is 3.13. The molecular formula is C10H8N4O2S. The largest absolute Gasteiger partial charge is 0.477 e. The minimum absolute atomic E-state index is 0.0242. The van der Waals surface area contributed by atoms with Crippen molar-refractivity contribution in [1.29, 1.82) is 0 Å². The minimum Gasteiger partial charge on any atom is -0.477 e. The summed E-state index contributed by atoms with van der Waals surface area (Å²) >= 11 is 1.17. The second kappa shape index (κ2) is 4.88. The van der Waals surface area contributed by atoms with Crippen LogP contribution in [0.15, 0.2) is 34.8 Å². The van der Waals surface area contributed by atoms with Gasteiger partial charge in [-0.1, -0.05) is 0 Å². The summed E-state index contributed by atoms with van der Waals surface area (Å²) in [4.78, 5) is 26.8. The van der Waals surface area contributed by atoms with E-state index in [4.69, 9.17) is 5.11 Å². The van der Waals surface area contributed by atoms with Crippen molar-refractivity contribution >= 4 is 17.7 Å². The molecule has 2 heterocycles. The highest BCUT2D eigenvalue weighted by atomic mass is 32.2. The van der Waals surface area contributed by atoms with E-state index in [0.717, 1.165) is 0 Å².